The Morgan fingerprint density at radius 2 is 1.86 bits per heavy atom. The first kappa shape index (κ1) is 19.5. The summed E-state index contributed by atoms with van der Waals surface area (Å²) in [5.41, 5.74) is 4.52. The highest BCUT2D eigenvalue weighted by molar-refractivity contribution is 5.95. The molecule has 0 atom stereocenters. The lowest BCUT2D eigenvalue weighted by atomic mass is 10.1. The molecule has 3 aromatic rings. The van der Waals surface area contributed by atoms with Gasteiger partial charge in [0, 0.05) is 29.4 Å². The summed E-state index contributed by atoms with van der Waals surface area (Å²) in [6.07, 6.45) is 2.51. The Labute approximate surface area is 166 Å². The number of nitrogens with zero attached hydrogens (tertiary/aromatic N) is 2. The maximum absolute atomic E-state index is 12.3. The molecule has 2 aromatic carbocycles. The monoisotopic (exact) mass is 374 g/mol. The fourth-order valence-electron chi connectivity index (χ4n) is 2.85. The Hall–Kier alpha value is -3.21. The van der Waals surface area contributed by atoms with E-state index in [9.17, 15) is 4.79 Å². The fourth-order valence-corrected chi connectivity index (χ4v) is 2.85. The minimum Gasteiger partial charge on any atom is -0.352 e. The largest absolute Gasteiger partial charge is 0.352 e. The molecular weight excluding hydrogens is 348 g/mol. The van der Waals surface area contributed by atoms with E-state index in [-0.39, 0.29) is 5.91 Å². The highest BCUT2D eigenvalue weighted by Crippen LogP contribution is 2.22. The number of hydrogen-bond acceptors (Lipinski definition) is 4. The van der Waals surface area contributed by atoms with Gasteiger partial charge in [0.15, 0.2) is 0 Å². The standard InChI is InChI=1S/C23H26N4O/c1-16(2)10-11-24-23(28)19-8-5-9-20(13-19)27-22-14-21(25-15-26-22)18-7-4-6-17(3)12-18/h4-9,12-16H,10-11H2,1-3H3,(H,24,28)(H,25,26,27). The molecule has 0 saturated carbocycles. The summed E-state index contributed by atoms with van der Waals surface area (Å²) in [4.78, 5) is 21.0. The second kappa shape index (κ2) is 9.13. The summed E-state index contributed by atoms with van der Waals surface area (Å²) in [5, 5.41) is 6.23. The summed E-state index contributed by atoms with van der Waals surface area (Å²) in [7, 11) is 0. The van der Waals surface area contributed by atoms with Crippen LogP contribution >= 0.6 is 0 Å². The molecule has 28 heavy (non-hydrogen) atoms. The van der Waals surface area contributed by atoms with E-state index in [1.807, 2.05) is 42.5 Å². The Balaban J connectivity index is 1.72. The van der Waals surface area contributed by atoms with Crippen LogP contribution in [-0.2, 0) is 0 Å². The number of aryl methyl sites for hydroxylation is 1. The molecule has 3 rings (SSSR count). The van der Waals surface area contributed by atoms with Gasteiger partial charge in [-0.25, -0.2) is 9.97 Å². The predicted octanol–water partition coefficient (Wildman–Crippen LogP) is 4.97. The number of carbonyl (C=O) groups excluding carboxylic acids is 1. The first-order valence-electron chi connectivity index (χ1n) is 9.55. The van der Waals surface area contributed by atoms with Crippen LogP contribution in [0.2, 0.25) is 0 Å². The molecule has 0 aliphatic heterocycles. The molecule has 0 unspecified atom stereocenters. The SMILES string of the molecule is Cc1cccc(-c2cc(Nc3cccc(C(=O)NCCC(C)C)c3)ncn2)c1. The van der Waals surface area contributed by atoms with Crippen LogP contribution in [0.5, 0.6) is 0 Å². The second-order valence-corrected chi connectivity index (χ2v) is 7.30. The van der Waals surface area contributed by atoms with Gasteiger partial charge in [-0.3, -0.25) is 4.79 Å². The lowest BCUT2D eigenvalue weighted by Crippen LogP contribution is -2.25. The van der Waals surface area contributed by atoms with E-state index in [2.05, 4.69) is 53.5 Å². The van der Waals surface area contributed by atoms with Crippen LogP contribution in [0.15, 0.2) is 60.9 Å². The lowest BCUT2D eigenvalue weighted by molar-refractivity contribution is 0.0952. The van der Waals surface area contributed by atoms with E-state index < -0.39 is 0 Å². The molecule has 0 radical (unpaired) electrons. The average Bonchev–Trinajstić information content (AvgIpc) is 2.68. The number of benzene rings is 2. The van der Waals surface area contributed by atoms with Gasteiger partial charge in [-0.1, -0.05) is 43.7 Å². The van der Waals surface area contributed by atoms with Crippen molar-refractivity contribution >= 4 is 17.4 Å². The van der Waals surface area contributed by atoms with E-state index in [4.69, 9.17) is 0 Å². The fraction of sp³-hybridized carbons (Fsp3) is 0.261. The molecule has 0 aliphatic carbocycles. The molecule has 0 aliphatic rings. The number of hydrogen-bond donors (Lipinski definition) is 2. The van der Waals surface area contributed by atoms with Crippen molar-refractivity contribution in [2.45, 2.75) is 27.2 Å². The molecule has 0 bridgehead atoms. The first-order valence-corrected chi connectivity index (χ1v) is 9.55. The normalized spacial score (nSPS) is 10.7. The highest BCUT2D eigenvalue weighted by Gasteiger charge is 2.08. The number of aromatic nitrogens is 2. The maximum Gasteiger partial charge on any atom is 0.251 e. The number of carbonyl (C=O) groups is 1. The summed E-state index contributed by atoms with van der Waals surface area (Å²) >= 11 is 0. The smallest absolute Gasteiger partial charge is 0.251 e. The number of amides is 1. The maximum atomic E-state index is 12.3. The third kappa shape index (κ3) is 5.39. The van der Waals surface area contributed by atoms with Crippen molar-refractivity contribution in [1.29, 1.82) is 0 Å². The van der Waals surface area contributed by atoms with Crippen molar-refractivity contribution in [2.24, 2.45) is 5.92 Å². The Morgan fingerprint density at radius 1 is 1.04 bits per heavy atom. The van der Waals surface area contributed by atoms with Crippen LogP contribution in [0.25, 0.3) is 11.3 Å². The molecule has 0 saturated heterocycles. The molecule has 0 spiro atoms. The first-order chi connectivity index (χ1) is 13.5. The van der Waals surface area contributed by atoms with Gasteiger partial charge in [0.25, 0.3) is 5.91 Å². The van der Waals surface area contributed by atoms with Crippen LogP contribution in [0.3, 0.4) is 0 Å². The van der Waals surface area contributed by atoms with Crippen molar-refractivity contribution in [3.05, 3.63) is 72.1 Å². The van der Waals surface area contributed by atoms with Gasteiger partial charge >= 0.3 is 0 Å². The lowest BCUT2D eigenvalue weighted by Gasteiger charge is -2.10. The van der Waals surface area contributed by atoms with Crippen LogP contribution in [0.4, 0.5) is 11.5 Å². The van der Waals surface area contributed by atoms with E-state index >= 15 is 0 Å². The summed E-state index contributed by atoms with van der Waals surface area (Å²) in [6.45, 7) is 7.02. The summed E-state index contributed by atoms with van der Waals surface area (Å²) in [5.74, 6) is 1.19. The van der Waals surface area contributed by atoms with Crippen LogP contribution in [0, 0.1) is 12.8 Å². The molecule has 144 valence electrons. The van der Waals surface area contributed by atoms with Crippen molar-refractivity contribution in [2.75, 3.05) is 11.9 Å². The molecule has 1 amide bonds. The van der Waals surface area contributed by atoms with E-state index in [0.29, 0.717) is 23.8 Å². The number of rotatable bonds is 7. The van der Waals surface area contributed by atoms with Crippen molar-refractivity contribution in [3.8, 4) is 11.3 Å². The third-order valence-corrected chi connectivity index (χ3v) is 4.39. The number of nitrogens with one attached hydrogen (secondary N) is 2. The quantitative estimate of drug-likeness (QED) is 0.613. The Bertz CT molecular complexity index is 953. The molecule has 2 N–H and O–H groups in total. The van der Waals surface area contributed by atoms with Crippen molar-refractivity contribution in [3.63, 3.8) is 0 Å². The third-order valence-electron chi connectivity index (χ3n) is 4.39. The number of anilines is 2. The van der Waals surface area contributed by atoms with E-state index in [1.54, 1.807) is 6.33 Å². The zero-order valence-electron chi connectivity index (χ0n) is 16.6. The van der Waals surface area contributed by atoms with Crippen molar-refractivity contribution in [1.82, 2.24) is 15.3 Å². The minimum atomic E-state index is -0.0626. The van der Waals surface area contributed by atoms with E-state index in [1.165, 1.54) is 5.56 Å². The van der Waals surface area contributed by atoms with Gasteiger partial charge in [-0.2, -0.15) is 0 Å². The van der Waals surface area contributed by atoms with Crippen LogP contribution < -0.4 is 10.6 Å². The zero-order valence-corrected chi connectivity index (χ0v) is 16.6. The molecule has 5 nitrogen and oxygen atoms in total. The Morgan fingerprint density at radius 3 is 2.64 bits per heavy atom. The molecule has 0 fully saturated rings. The molecule has 1 aromatic heterocycles. The topological polar surface area (TPSA) is 66.9 Å². The molecule has 5 heteroatoms. The minimum absolute atomic E-state index is 0.0626. The molecular formula is C23H26N4O. The predicted molar refractivity (Wildman–Crippen MR) is 114 cm³/mol. The van der Waals surface area contributed by atoms with Crippen molar-refractivity contribution < 1.29 is 4.79 Å². The van der Waals surface area contributed by atoms with Gasteiger partial charge in [-0.15, -0.1) is 0 Å². The molecule has 1 heterocycles. The van der Waals surface area contributed by atoms with Gasteiger partial charge in [0.1, 0.15) is 12.1 Å². The van der Waals surface area contributed by atoms with Crippen LogP contribution in [-0.4, -0.2) is 22.4 Å². The van der Waals surface area contributed by atoms with Crippen LogP contribution in [0.1, 0.15) is 36.2 Å². The van der Waals surface area contributed by atoms with Gasteiger partial charge in [0.05, 0.1) is 5.69 Å². The summed E-state index contributed by atoms with van der Waals surface area (Å²) in [6, 6.07) is 17.5. The second-order valence-electron chi connectivity index (χ2n) is 7.30. The average molecular weight is 374 g/mol. The van der Waals surface area contributed by atoms with Gasteiger partial charge in [0.2, 0.25) is 0 Å². The summed E-state index contributed by atoms with van der Waals surface area (Å²) < 4.78 is 0. The van der Waals surface area contributed by atoms with E-state index in [0.717, 1.165) is 23.4 Å². The van der Waals surface area contributed by atoms with Gasteiger partial charge in [-0.05, 0) is 43.5 Å². The Kier molecular flexibility index (Phi) is 6.37. The zero-order chi connectivity index (χ0) is 19.9. The highest BCUT2D eigenvalue weighted by atomic mass is 16.1. The van der Waals surface area contributed by atoms with Gasteiger partial charge < -0.3 is 10.6 Å².